The first kappa shape index (κ1) is 30.3. The largest absolute Gasteiger partial charge is 0.474 e. The Morgan fingerprint density at radius 1 is 0.750 bits per heavy atom. The fourth-order valence-electron chi connectivity index (χ4n) is 7.58. The first-order chi connectivity index (χ1) is 23.7. The lowest BCUT2D eigenvalue weighted by Crippen LogP contribution is -2.38. The van der Waals surface area contributed by atoms with Crippen molar-refractivity contribution in [1.29, 1.82) is 0 Å². The molecule has 0 saturated carbocycles. The van der Waals surface area contributed by atoms with Crippen molar-refractivity contribution in [2.24, 2.45) is 5.92 Å². The lowest BCUT2D eigenvalue weighted by Gasteiger charge is -2.37. The van der Waals surface area contributed by atoms with Gasteiger partial charge in [-0.05, 0) is 53.6 Å². The first-order valence-electron chi connectivity index (χ1n) is 17.2. The van der Waals surface area contributed by atoms with Gasteiger partial charge in [0.05, 0.1) is 24.1 Å². The van der Waals surface area contributed by atoms with Crippen LogP contribution >= 0.6 is 0 Å². The van der Waals surface area contributed by atoms with Crippen molar-refractivity contribution < 1.29 is 9.47 Å². The Bertz CT molecular complexity index is 1880. The molecule has 242 valence electrons. The highest BCUT2D eigenvalue weighted by molar-refractivity contribution is 5.98. The van der Waals surface area contributed by atoms with Crippen molar-refractivity contribution in [3.63, 3.8) is 0 Å². The number of nitrogens with zero attached hydrogens (tertiary/aromatic N) is 5. The normalized spacial score (nSPS) is 17.4. The monoisotopic (exact) mass is 635 g/mol. The smallest absolute Gasteiger partial charge is 0.225 e. The zero-order chi connectivity index (χ0) is 32.3. The molecule has 1 atom stereocenters. The molecule has 0 amide bonds. The maximum Gasteiger partial charge on any atom is 0.225 e. The number of hydrogen-bond donors (Lipinski definition) is 0. The van der Waals surface area contributed by atoms with Gasteiger partial charge in [-0.2, -0.15) is 5.10 Å². The van der Waals surface area contributed by atoms with E-state index in [2.05, 4.69) is 126 Å². The van der Waals surface area contributed by atoms with Crippen LogP contribution in [0.4, 0.5) is 5.82 Å². The van der Waals surface area contributed by atoms with Gasteiger partial charge in [-0.1, -0.05) is 97.9 Å². The van der Waals surface area contributed by atoms with E-state index in [0.717, 1.165) is 70.6 Å². The Morgan fingerprint density at radius 3 is 2.00 bits per heavy atom. The Hall–Kier alpha value is -5.01. The highest BCUT2D eigenvalue weighted by atomic mass is 16.5. The molecular formula is C41H41N5O2. The lowest BCUT2D eigenvalue weighted by molar-refractivity contribution is 0.0244. The van der Waals surface area contributed by atoms with E-state index in [1.165, 1.54) is 12.8 Å². The lowest BCUT2D eigenvalue weighted by atomic mass is 9.77. The van der Waals surface area contributed by atoms with Crippen molar-refractivity contribution in [3.05, 3.63) is 138 Å². The summed E-state index contributed by atoms with van der Waals surface area (Å²) in [5.41, 5.74) is 5.31. The number of aromatic nitrogens is 4. The van der Waals surface area contributed by atoms with Crippen molar-refractivity contribution >= 4 is 16.7 Å². The summed E-state index contributed by atoms with van der Waals surface area (Å²) in [6, 6.07) is 38.4. The minimum absolute atomic E-state index is 0.0259. The predicted molar refractivity (Wildman–Crippen MR) is 190 cm³/mol. The van der Waals surface area contributed by atoms with Crippen LogP contribution in [0.25, 0.3) is 22.2 Å². The maximum atomic E-state index is 6.76. The van der Waals surface area contributed by atoms with E-state index in [1.54, 1.807) is 0 Å². The summed E-state index contributed by atoms with van der Waals surface area (Å²) in [4.78, 5) is 12.1. The second-order valence-electron chi connectivity index (χ2n) is 13.1. The van der Waals surface area contributed by atoms with Gasteiger partial charge in [-0.3, -0.25) is 0 Å². The molecule has 2 saturated heterocycles. The van der Waals surface area contributed by atoms with Crippen molar-refractivity contribution in [2.75, 3.05) is 31.2 Å². The van der Waals surface area contributed by atoms with E-state index in [0.29, 0.717) is 25.0 Å². The first-order valence-corrected chi connectivity index (χ1v) is 17.2. The number of anilines is 1. The van der Waals surface area contributed by atoms with Gasteiger partial charge >= 0.3 is 0 Å². The number of ether oxygens (including phenoxy) is 2. The maximum absolute atomic E-state index is 6.76. The van der Waals surface area contributed by atoms with Crippen LogP contribution in [0.3, 0.4) is 0 Å². The van der Waals surface area contributed by atoms with E-state index in [9.17, 15) is 0 Å². The topological polar surface area (TPSA) is 65.3 Å². The molecule has 3 aromatic carbocycles. The third-order valence-electron chi connectivity index (χ3n) is 9.90. The Balaban J connectivity index is 1.42. The molecule has 7 nitrogen and oxygen atoms in total. The summed E-state index contributed by atoms with van der Waals surface area (Å²) in [6.07, 6.45) is 7.89. The summed E-state index contributed by atoms with van der Waals surface area (Å²) in [5.74, 6) is 2.22. The molecule has 2 aliphatic rings. The summed E-state index contributed by atoms with van der Waals surface area (Å²) >= 11 is 0. The molecule has 2 aliphatic heterocycles. The minimum Gasteiger partial charge on any atom is -0.474 e. The van der Waals surface area contributed by atoms with Gasteiger partial charge in [0.2, 0.25) is 5.88 Å². The molecule has 1 unspecified atom stereocenters. The summed E-state index contributed by atoms with van der Waals surface area (Å²) in [7, 11) is 0. The van der Waals surface area contributed by atoms with Crippen LogP contribution in [0, 0.1) is 5.92 Å². The second-order valence-corrected chi connectivity index (χ2v) is 13.1. The van der Waals surface area contributed by atoms with Crippen LogP contribution in [0.2, 0.25) is 0 Å². The van der Waals surface area contributed by atoms with Gasteiger partial charge in [0, 0.05) is 43.9 Å². The number of fused-ring (bicyclic) bond motifs is 1. The molecule has 0 N–H and O–H groups in total. The standard InChI is InChI=1S/C41H41N5O2/c1-30-12-11-25-45(29-30)37-28-31(19-23-42-37)39-38-36(20-24-43-40(38)48-35-21-26-47-27-22-35)46(44-39)41(32-13-5-2-6-14-32,33-15-7-3-8-16-33)34-17-9-4-10-18-34/h2-10,13-20,23-24,28,30,35H,11-12,21-22,25-27,29H2,1H3. The molecule has 0 spiro atoms. The van der Waals surface area contributed by atoms with Gasteiger partial charge in [-0.15, -0.1) is 0 Å². The summed E-state index contributed by atoms with van der Waals surface area (Å²) in [5, 5.41) is 6.54. The number of hydrogen-bond acceptors (Lipinski definition) is 6. The van der Waals surface area contributed by atoms with Gasteiger partial charge in [0.25, 0.3) is 0 Å². The number of pyridine rings is 2. The number of piperidine rings is 1. The van der Waals surface area contributed by atoms with E-state index < -0.39 is 5.54 Å². The van der Waals surface area contributed by atoms with Crippen LogP contribution in [0.15, 0.2) is 122 Å². The molecule has 5 heterocycles. The average Bonchev–Trinajstić information content (AvgIpc) is 3.55. The predicted octanol–water partition coefficient (Wildman–Crippen LogP) is 8.13. The van der Waals surface area contributed by atoms with E-state index in [1.807, 2.05) is 12.4 Å². The van der Waals surface area contributed by atoms with E-state index >= 15 is 0 Å². The van der Waals surface area contributed by atoms with Crippen molar-refractivity contribution in [2.45, 2.75) is 44.2 Å². The van der Waals surface area contributed by atoms with Crippen LogP contribution in [0.5, 0.6) is 5.88 Å². The molecular weight excluding hydrogens is 594 g/mol. The zero-order valence-corrected chi connectivity index (χ0v) is 27.4. The van der Waals surface area contributed by atoms with Gasteiger partial charge in [0.1, 0.15) is 23.2 Å². The van der Waals surface area contributed by atoms with Gasteiger partial charge in [-0.25, -0.2) is 14.6 Å². The SMILES string of the molecule is CC1CCCN(c2cc(-c3nn(C(c4ccccc4)(c4ccccc4)c4ccccc4)c4ccnc(OC5CCOCC5)c34)ccn2)C1. The Morgan fingerprint density at radius 2 is 1.38 bits per heavy atom. The zero-order valence-electron chi connectivity index (χ0n) is 27.4. The van der Waals surface area contributed by atoms with Crippen molar-refractivity contribution in [3.8, 4) is 17.1 Å². The molecule has 0 radical (unpaired) electrons. The highest BCUT2D eigenvalue weighted by Crippen LogP contribution is 2.45. The molecule has 0 bridgehead atoms. The Kier molecular flexibility index (Phi) is 8.37. The minimum atomic E-state index is -0.796. The molecule has 48 heavy (non-hydrogen) atoms. The van der Waals surface area contributed by atoms with E-state index in [-0.39, 0.29) is 6.10 Å². The second kappa shape index (κ2) is 13.2. The molecule has 3 aromatic heterocycles. The molecule has 8 rings (SSSR count). The number of benzene rings is 3. The van der Waals surface area contributed by atoms with Crippen LogP contribution in [-0.4, -0.2) is 52.2 Å². The highest BCUT2D eigenvalue weighted by Gasteiger charge is 2.41. The average molecular weight is 636 g/mol. The quantitative estimate of drug-likeness (QED) is 0.157. The van der Waals surface area contributed by atoms with Crippen LogP contribution in [0.1, 0.15) is 49.3 Å². The fraction of sp³-hybridized carbons (Fsp3) is 0.293. The van der Waals surface area contributed by atoms with E-state index in [4.69, 9.17) is 24.5 Å². The summed E-state index contributed by atoms with van der Waals surface area (Å²) in [6.45, 7) is 5.72. The molecule has 0 aliphatic carbocycles. The molecule has 2 fully saturated rings. The van der Waals surface area contributed by atoms with Gasteiger partial charge < -0.3 is 14.4 Å². The number of rotatable bonds is 8. The molecule has 7 heteroatoms. The van der Waals surface area contributed by atoms with Crippen molar-refractivity contribution in [1.82, 2.24) is 19.7 Å². The fourth-order valence-corrected chi connectivity index (χ4v) is 7.58. The third-order valence-corrected chi connectivity index (χ3v) is 9.90. The summed E-state index contributed by atoms with van der Waals surface area (Å²) < 4.78 is 14.6. The Labute approximate surface area is 282 Å². The third kappa shape index (κ3) is 5.52. The van der Waals surface area contributed by atoms with Crippen LogP contribution in [-0.2, 0) is 10.3 Å². The molecule has 6 aromatic rings. The van der Waals surface area contributed by atoms with Gasteiger partial charge in [0.15, 0.2) is 0 Å². The van der Waals surface area contributed by atoms with Crippen LogP contribution < -0.4 is 9.64 Å².